The third-order valence-corrected chi connectivity index (χ3v) is 8.62. The van der Waals surface area contributed by atoms with Crippen LogP contribution in [0, 0.1) is 0 Å². The van der Waals surface area contributed by atoms with Crippen LogP contribution in [0.25, 0.3) is 87.2 Å². The predicted octanol–water partition coefficient (Wildman–Crippen LogP) is 12.5. The molecule has 0 bridgehead atoms. The molecule has 0 heterocycles. The molecule has 0 nitrogen and oxygen atoms in total. The first-order valence-corrected chi connectivity index (χ1v) is 14.0. The maximum Gasteiger partial charge on any atom is 0.0636 e. The van der Waals surface area contributed by atoms with Crippen LogP contribution < -0.4 is 0 Å². The molecule has 9 aromatic rings. The summed E-state index contributed by atoms with van der Waals surface area (Å²) in [5.74, 6) is 0. The van der Waals surface area contributed by atoms with E-state index in [4.69, 9.17) is 16.4 Å². The van der Waals surface area contributed by atoms with Crippen LogP contribution in [0.3, 0.4) is 0 Å². The molecule has 0 amide bonds. The average molecular weight is 595 g/mol. The van der Waals surface area contributed by atoms with Crippen molar-refractivity contribution in [3.63, 3.8) is 0 Å². The Morgan fingerprint density at radius 3 is 1.89 bits per heavy atom. The smallest absolute Gasteiger partial charge is 0.0619 e. The number of rotatable bonds is 2. The minimum Gasteiger partial charge on any atom is -0.0619 e. The van der Waals surface area contributed by atoms with E-state index in [-0.39, 0.29) is 38.4 Å². The van der Waals surface area contributed by atoms with Crippen molar-refractivity contribution >= 4 is 53.9 Å². The van der Waals surface area contributed by atoms with Crippen molar-refractivity contribution in [2.45, 2.75) is 19.3 Å². The standard InChI is InChI=1S/C45H30/c1-45(2)40-16-6-5-13-35(40)37-15-8-14-36-33(23-24-41(45)44(36)37)31-25-30-9-3-4-12-32(30)39(26-31)34-21-19-29-18-17-27-10-7-11-28-20-22-38(34)43(29)42(27)28/h3-26H,1-2H3/i3D,4D,5D,6D,7D,8D,9D,10D,11D,12D,13D,14D,15D,16D,17D,18D,19D,20D,21D,22D,23D,24D,25D,26D. The lowest BCUT2D eigenvalue weighted by molar-refractivity contribution is 0.645. The summed E-state index contributed by atoms with van der Waals surface area (Å²) in [6.45, 7) is 3.04. The first-order chi connectivity index (χ1) is 32.1. The van der Waals surface area contributed by atoms with E-state index in [0.717, 1.165) is 0 Å². The fourth-order valence-corrected chi connectivity index (χ4v) is 6.53. The minimum atomic E-state index is -1.58. The number of hydrogen-bond donors (Lipinski definition) is 0. The van der Waals surface area contributed by atoms with Gasteiger partial charge in [-0.1, -0.05) is 147 Å². The molecule has 0 atom stereocenters. The Kier molecular flexibility index (Phi) is 2.18. The molecule has 0 aliphatic heterocycles. The zero-order chi connectivity index (χ0) is 50.7. The maximum atomic E-state index is 10.2. The molecule has 210 valence electrons. The molecule has 1 aliphatic rings. The molecule has 0 saturated carbocycles. The molecular formula is C45H30. The summed E-state index contributed by atoms with van der Waals surface area (Å²) in [5, 5.41) is -4.16. The van der Waals surface area contributed by atoms with Gasteiger partial charge < -0.3 is 0 Å². The minimum absolute atomic E-state index is 0.0644. The highest BCUT2D eigenvalue weighted by Gasteiger charge is 2.33. The second-order valence-corrected chi connectivity index (χ2v) is 11.4. The molecule has 0 heteroatoms. The van der Waals surface area contributed by atoms with Crippen LogP contribution in [0.15, 0.2) is 145 Å². The van der Waals surface area contributed by atoms with Crippen LogP contribution >= 0.6 is 0 Å². The van der Waals surface area contributed by atoms with Crippen LogP contribution in [0.2, 0.25) is 0 Å². The Balaban J connectivity index is 1.52. The van der Waals surface area contributed by atoms with Crippen LogP contribution in [-0.4, -0.2) is 0 Å². The van der Waals surface area contributed by atoms with Gasteiger partial charge in [0.25, 0.3) is 0 Å². The summed E-state index contributed by atoms with van der Waals surface area (Å²) in [7, 11) is 0. The summed E-state index contributed by atoms with van der Waals surface area (Å²) in [4.78, 5) is 0. The summed E-state index contributed by atoms with van der Waals surface area (Å²) >= 11 is 0. The van der Waals surface area contributed by atoms with Gasteiger partial charge in [0, 0.05) is 5.41 Å². The molecule has 45 heavy (non-hydrogen) atoms. The van der Waals surface area contributed by atoms with E-state index in [1.165, 1.54) is 13.8 Å². The van der Waals surface area contributed by atoms with Crippen molar-refractivity contribution in [2.24, 2.45) is 0 Å². The summed E-state index contributed by atoms with van der Waals surface area (Å²) in [6.07, 6.45) is 0. The molecule has 0 unspecified atom stereocenters. The third kappa shape index (κ3) is 3.32. The van der Waals surface area contributed by atoms with Crippen molar-refractivity contribution < 1.29 is 32.9 Å². The molecule has 0 fully saturated rings. The molecule has 0 saturated heterocycles. The van der Waals surface area contributed by atoms with Gasteiger partial charge in [-0.25, -0.2) is 0 Å². The summed E-state index contributed by atoms with van der Waals surface area (Å²) in [6, 6.07) is -18.3. The van der Waals surface area contributed by atoms with Gasteiger partial charge in [0.05, 0.1) is 32.9 Å². The predicted molar refractivity (Wildman–Crippen MR) is 194 cm³/mol. The van der Waals surface area contributed by atoms with Crippen LogP contribution in [0.4, 0.5) is 0 Å². The van der Waals surface area contributed by atoms with Crippen LogP contribution in [-0.2, 0) is 5.41 Å². The Hall–Kier alpha value is -5.46. The fraction of sp³-hybridized carbons (Fsp3) is 0.0667. The van der Waals surface area contributed by atoms with Crippen molar-refractivity contribution in [3.8, 4) is 33.4 Å². The fourth-order valence-electron chi connectivity index (χ4n) is 6.53. The number of fused-ring (bicyclic) bond motifs is 3. The highest BCUT2D eigenvalue weighted by molar-refractivity contribution is 6.26. The Bertz CT molecular complexity index is 4000. The van der Waals surface area contributed by atoms with E-state index in [2.05, 4.69) is 0 Å². The van der Waals surface area contributed by atoms with Gasteiger partial charge in [-0.2, -0.15) is 0 Å². The first-order valence-electron chi connectivity index (χ1n) is 26.0. The summed E-state index contributed by atoms with van der Waals surface area (Å²) < 4.78 is 220. The second kappa shape index (κ2) is 8.80. The molecular weight excluding hydrogens is 540 g/mol. The molecule has 0 N–H and O–H groups in total. The first kappa shape index (κ1) is 11.2. The van der Waals surface area contributed by atoms with Crippen molar-refractivity contribution in [1.29, 1.82) is 0 Å². The van der Waals surface area contributed by atoms with E-state index in [1.54, 1.807) is 0 Å². The summed E-state index contributed by atoms with van der Waals surface area (Å²) in [5.41, 5.74) is -4.91. The lowest BCUT2D eigenvalue weighted by Crippen LogP contribution is -2.23. The largest absolute Gasteiger partial charge is 0.0636 e. The Morgan fingerprint density at radius 2 is 1.00 bits per heavy atom. The van der Waals surface area contributed by atoms with Crippen molar-refractivity contribution in [2.75, 3.05) is 0 Å². The highest BCUT2D eigenvalue weighted by atomic mass is 14.4. The molecule has 0 spiro atoms. The van der Waals surface area contributed by atoms with E-state index in [9.17, 15) is 16.4 Å². The van der Waals surface area contributed by atoms with Gasteiger partial charge in [-0.05, 0) is 110 Å². The average Bonchev–Trinajstić information content (AvgIpc) is 3.29. The Labute approximate surface area is 296 Å². The number of benzene rings is 9. The molecule has 0 radical (unpaired) electrons. The lowest BCUT2D eigenvalue weighted by atomic mass is 9.68. The van der Waals surface area contributed by atoms with Crippen LogP contribution in [0.5, 0.6) is 0 Å². The second-order valence-electron chi connectivity index (χ2n) is 11.4. The van der Waals surface area contributed by atoms with Gasteiger partial charge in [0.2, 0.25) is 0 Å². The number of hydrogen-bond acceptors (Lipinski definition) is 0. The van der Waals surface area contributed by atoms with Gasteiger partial charge in [-0.15, -0.1) is 0 Å². The van der Waals surface area contributed by atoms with Gasteiger partial charge >= 0.3 is 0 Å². The normalized spacial score (nSPS) is 21.2. The Morgan fingerprint density at radius 1 is 0.378 bits per heavy atom. The lowest BCUT2D eigenvalue weighted by Gasteiger charge is -2.35. The molecule has 9 aromatic carbocycles. The quantitative estimate of drug-likeness (QED) is 0.175. The van der Waals surface area contributed by atoms with E-state index >= 15 is 0 Å². The SMILES string of the molecule is [2H]c1c([2H])c([2H])c2c(c1[2H])-c1c([2H])c([2H])c([2H])c3c(-c4c([2H])c(-c5c([2H])c([2H])c6c([2H])c([2H])c7c([2H])c([2H])c([2H])c8c([2H])c([2H])c5c6c78)c5c([2H])c([2H])c([2H])c([2H])c5c4[2H])c([2H])c([2H])c(c13)C2(C)C. The van der Waals surface area contributed by atoms with Crippen LogP contribution in [0.1, 0.15) is 57.9 Å². The van der Waals surface area contributed by atoms with Gasteiger partial charge in [-0.3, -0.25) is 0 Å². The van der Waals surface area contributed by atoms with E-state index in [0.29, 0.717) is 0 Å². The van der Waals surface area contributed by atoms with Crippen molar-refractivity contribution in [3.05, 3.63) is 156 Å². The highest BCUT2D eigenvalue weighted by Crippen LogP contribution is 2.51. The monoisotopic (exact) mass is 594 g/mol. The van der Waals surface area contributed by atoms with E-state index < -0.39 is 210 Å². The maximum absolute atomic E-state index is 10.2. The zero-order valence-corrected chi connectivity index (χ0v) is 23.5. The van der Waals surface area contributed by atoms with E-state index in [1.807, 2.05) is 0 Å². The zero-order valence-electron chi connectivity index (χ0n) is 47.5. The van der Waals surface area contributed by atoms with Crippen molar-refractivity contribution in [1.82, 2.24) is 0 Å². The molecule has 10 rings (SSSR count). The van der Waals surface area contributed by atoms with Gasteiger partial charge in [0.1, 0.15) is 0 Å². The molecule has 0 aromatic heterocycles. The topological polar surface area (TPSA) is 0 Å². The van der Waals surface area contributed by atoms with Gasteiger partial charge in [0.15, 0.2) is 0 Å². The third-order valence-electron chi connectivity index (χ3n) is 8.62. The molecule has 1 aliphatic carbocycles.